The van der Waals surface area contributed by atoms with Gasteiger partial charge in [0.1, 0.15) is 5.82 Å². The molecule has 0 aliphatic carbocycles. The van der Waals surface area contributed by atoms with Crippen LogP contribution in [0.3, 0.4) is 0 Å². The van der Waals surface area contributed by atoms with Gasteiger partial charge < -0.3 is 14.6 Å². The zero-order valence-electron chi connectivity index (χ0n) is 17.4. The van der Waals surface area contributed by atoms with Crippen LogP contribution < -0.4 is 10.1 Å². The fourth-order valence-electron chi connectivity index (χ4n) is 3.62. The van der Waals surface area contributed by atoms with Gasteiger partial charge in [-0.3, -0.25) is 9.59 Å². The molecule has 1 amide bonds. The Kier molecular flexibility index (Phi) is 5.92. The van der Waals surface area contributed by atoms with Gasteiger partial charge in [0, 0.05) is 46.1 Å². The summed E-state index contributed by atoms with van der Waals surface area (Å²) in [6.07, 6.45) is 1.47. The number of ether oxygens (including phenoxy) is 1. The lowest BCUT2D eigenvalue weighted by molar-refractivity contribution is -0.112. The Hall–Kier alpha value is -3.71. The van der Waals surface area contributed by atoms with Gasteiger partial charge in [-0.25, -0.2) is 9.37 Å². The van der Waals surface area contributed by atoms with Crippen molar-refractivity contribution in [2.24, 2.45) is 0 Å². The van der Waals surface area contributed by atoms with E-state index in [4.69, 9.17) is 16.3 Å². The molecule has 8 heteroatoms. The minimum atomic E-state index is -0.790. The van der Waals surface area contributed by atoms with E-state index in [9.17, 15) is 14.0 Å². The molecule has 2 aromatic heterocycles. The van der Waals surface area contributed by atoms with Crippen LogP contribution in [0.5, 0.6) is 5.88 Å². The van der Waals surface area contributed by atoms with Crippen LogP contribution in [0.4, 0.5) is 10.1 Å². The number of nitrogens with one attached hydrogen (secondary N) is 1. The number of amides is 1. The van der Waals surface area contributed by atoms with E-state index in [1.807, 2.05) is 4.57 Å². The number of fused-ring (bicyclic) bond motifs is 1. The van der Waals surface area contributed by atoms with Crippen LogP contribution >= 0.6 is 11.6 Å². The number of pyridine rings is 1. The number of halogens is 2. The molecule has 0 aliphatic heterocycles. The van der Waals surface area contributed by atoms with Crippen molar-refractivity contribution in [2.45, 2.75) is 13.5 Å². The fraction of sp³-hybridized carbons (Fsp3) is 0.125. The van der Waals surface area contributed by atoms with Crippen molar-refractivity contribution in [3.63, 3.8) is 0 Å². The van der Waals surface area contributed by atoms with Gasteiger partial charge in [0.15, 0.2) is 0 Å². The summed E-state index contributed by atoms with van der Waals surface area (Å²) in [6, 6.07) is 14.4. The van der Waals surface area contributed by atoms with Gasteiger partial charge in [-0.05, 0) is 48.9 Å². The Labute approximate surface area is 188 Å². The van der Waals surface area contributed by atoms with E-state index in [0.717, 1.165) is 11.1 Å². The SMILES string of the molecule is COc1cc(NC(=O)C(=O)c2c(C)n(Cc3ccc(F)cc3)c3ccc(Cl)cc23)ccn1. The lowest BCUT2D eigenvalue weighted by Gasteiger charge is -2.09. The van der Waals surface area contributed by atoms with Crippen LogP contribution in [0.2, 0.25) is 5.02 Å². The van der Waals surface area contributed by atoms with Crippen molar-refractivity contribution in [1.29, 1.82) is 0 Å². The molecule has 6 nitrogen and oxygen atoms in total. The van der Waals surface area contributed by atoms with Crippen molar-refractivity contribution >= 4 is 39.9 Å². The second-order valence-corrected chi connectivity index (χ2v) is 7.64. The van der Waals surface area contributed by atoms with E-state index in [0.29, 0.717) is 34.2 Å². The topological polar surface area (TPSA) is 73.2 Å². The summed E-state index contributed by atoms with van der Waals surface area (Å²) in [5.41, 5.74) is 2.87. The van der Waals surface area contributed by atoms with E-state index in [-0.39, 0.29) is 11.4 Å². The average molecular weight is 452 g/mol. The molecule has 2 aromatic carbocycles. The third-order valence-electron chi connectivity index (χ3n) is 5.17. The molecular weight excluding hydrogens is 433 g/mol. The summed E-state index contributed by atoms with van der Waals surface area (Å²) in [4.78, 5) is 30.0. The minimum absolute atomic E-state index is 0.267. The third kappa shape index (κ3) is 4.20. The largest absolute Gasteiger partial charge is 0.481 e. The molecule has 0 saturated heterocycles. The molecule has 0 radical (unpaired) electrons. The lowest BCUT2D eigenvalue weighted by Crippen LogP contribution is -2.23. The van der Waals surface area contributed by atoms with Crippen molar-refractivity contribution in [2.75, 3.05) is 12.4 Å². The summed E-state index contributed by atoms with van der Waals surface area (Å²) >= 11 is 6.19. The molecule has 0 spiro atoms. The molecule has 0 fully saturated rings. The highest BCUT2D eigenvalue weighted by atomic mass is 35.5. The Balaban J connectivity index is 1.73. The number of carbonyl (C=O) groups is 2. The highest BCUT2D eigenvalue weighted by Gasteiger charge is 2.25. The van der Waals surface area contributed by atoms with E-state index in [1.165, 1.54) is 31.5 Å². The molecule has 0 bridgehead atoms. The number of hydrogen-bond donors (Lipinski definition) is 1. The first kappa shape index (κ1) is 21.5. The van der Waals surface area contributed by atoms with Crippen LogP contribution in [-0.4, -0.2) is 28.4 Å². The number of Topliss-reactive ketones (excluding diaryl/α,β-unsaturated/α-hetero) is 1. The molecule has 32 heavy (non-hydrogen) atoms. The Morgan fingerprint density at radius 2 is 1.88 bits per heavy atom. The lowest BCUT2D eigenvalue weighted by atomic mass is 10.1. The highest BCUT2D eigenvalue weighted by Crippen LogP contribution is 2.30. The van der Waals surface area contributed by atoms with Gasteiger partial charge in [0.25, 0.3) is 11.7 Å². The number of methoxy groups -OCH3 is 1. The maximum atomic E-state index is 13.3. The Bertz CT molecular complexity index is 1330. The predicted molar refractivity (Wildman–Crippen MR) is 121 cm³/mol. The minimum Gasteiger partial charge on any atom is -0.481 e. The fourth-order valence-corrected chi connectivity index (χ4v) is 3.79. The molecular formula is C24H19ClFN3O3. The summed E-state index contributed by atoms with van der Waals surface area (Å²) in [5, 5.41) is 3.62. The molecule has 0 saturated carbocycles. The van der Waals surface area contributed by atoms with Gasteiger partial charge in [0.2, 0.25) is 5.88 Å². The van der Waals surface area contributed by atoms with Gasteiger partial charge >= 0.3 is 0 Å². The first-order valence-corrected chi connectivity index (χ1v) is 10.1. The van der Waals surface area contributed by atoms with E-state index >= 15 is 0 Å². The molecule has 162 valence electrons. The van der Waals surface area contributed by atoms with E-state index < -0.39 is 11.7 Å². The van der Waals surface area contributed by atoms with Crippen LogP contribution in [-0.2, 0) is 11.3 Å². The number of rotatable bonds is 6. The summed E-state index contributed by atoms with van der Waals surface area (Å²) < 4.78 is 20.3. The first-order valence-electron chi connectivity index (χ1n) is 9.76. The number of hydrogen-bond acceptors (Lipinski definition) is 4. The zero-order chi connectivity index (χ0) is 22.8. The smallest absolute Gasteiger partial charge is 0.296 e. The van der Waals surface area contributed by atoms with Gasteiger partial charge in [-0.2, -0.15) is 0 Å². The van der Waals surface area contributed by atoms with Crippen molar-refractivity contribution in [3.8, 4) is 5.88 Å². The van der Waals surface area contributed by atoms with Crippen molar-refractivity contribution < 1.29 is 18.7 Å². The molecule has 4 rings (SSSR count). The second kappa shape index (κ2) is 8.80. The quantitative estimate of drug-likeness (QED) is 0.330. The van der Waals surface area contributed by atoms with Gasteiger partial charge in [-0.1, -0.05) is 23.7 Å². The predicted octanol–water partition coefficient (Wildman–Crippen LogP) is 5.02. The third-order valence-corrected chi connectivity index (χ3v) is 5.41. The highest BCUT2D eigenvalue weighted by molar-refractivity contribution is 6.49. The van der Waals surface area contributed by atoms with Gasteiger partial charge in [0.05, 0.1) is 12.7 Å². The van der Waals surface area contributed by atoms with Crippen LogP contribution in [0, 0.1) is 12.7 Å². The number of benzene rings is 2. The standard InChI is InChI=1S/C24H19ClFN3O3/c1-14-22(23(30)24(31)28-18-9-10-27-21(12-18)32-2)19-11-16(25)5-8-20(19)29(14)13-15-3-6-17(26)7-4-15/h3-12H,13H2,1-2H3,(H,27,28,31). The molecule has 1 N–H and O–H groups in total. The molecule has 0 aliphatic rings. The van der Waals surface area contributed by atoms with E-state index in [1.54, 1.807) is 43.3 Å². The number of aromatic nitrogens is 2. The summed E-state index contributed by atoms with van der Waals surface area (Å²) in [5.74, 6) is -1.49. The maximum absolute atomic E-state index is 13.3. The number of carbonyl (C=O) groups excluding carboxylic acids is 2. The summed E-state index contributed by atoms with van der Waals surface area (Å²) in [6.45, 7) is 2.17. The van der Waals surface area contributed by atoms with Gasteiger partial charge in [-0.15, -0.1) is 0 Å². The first-order chi connectivity index (χ1) is 15.4. The number of nitrogens with zero attached hydrogens (tertiary/aromatic N) is 2. The second-order valence-electron chi connectivity index (χ2n) is 7.20. The Morgan fingerprint density at radius 1 is 1.12 bits per heavy atom. The maximum Gasteiger partial charge on any atom is 0.296 e. The zero-order valence-corrected chi connectivity index (χ0v) is 18.1. The molecule has 2 heterocycles. The Morgan fingerprint density at radius 3 is 2.59 bits per heavy atom. The molecule has 0 unspecified atom stereocenters. The van der Waals surface area contributed by atoms with Crippen molar-refractivity contribution in [1.82, 2.24) is 9.55 Å². The number of ketones is 1. The summed E-state index contributed by atoms with van der Waals surface area (Å²) in [7, 11) is 1.46. The van der Waals surface area contributed by atoms with Crippen molar-refractivity contribution in [3.05, 3.63) is 88.5 Å². The van der Waals surface area contributed by atoms with Crippen LogP contribution in [0.15, 0.2) is 60.8 Å². The molecule has 0 atom stereocenters. The normalized spacial score (nSPS) is 10.9. The van der Waals surface area contributed by atoms with Crippen LogP contribution in [0.1, 0.15) is 21.6 Å². The van der Waals surface area contributed by atoms with E-state index in [2.05, 4.69) is 10.3 Å². The van der Waals surface area contributed by atoms with Crippen LogP contribution in [0.25, 0.3) is 10.9 Å². The molecule has 4 aromatic rings. The average Bonchev–Trinajstić information content (AvgIpc) is 3.05. The number of anilines is 1. The monoisotopic (exact) mass is 451 g/mol.